The smallest absolute Gasteiger partial charge is 0.345 e. The molecule has 1 N–H and O–H groups in total. The van der Waals surface area contributed by atoms with Gasteiger partial charge in [-0.15, -0.1) is 11.3 Å². The Labute approximate surface area is 169 Å². The molecule has 0 radical (unpaired) electrons. The van der Waals surface area contributed by atoms with Crippen molar-refractivity contribution in [3.05, 3.63) is 64.3 Å². The second-order valence-corrected chi connectivity index (χ2v) is 6.96. The van der Waals surface area contributed by atoms with Crippen LogP contribution in [0.25, 0.3) is 22.2 Å². The summed E-state index contributed by atoms with van der Waals surface area (Å²) in [7, 11) is 1.60. The summed E-state index contributed by atoms with van der Waals surface area (Å²) in [5.74, 6) is 0.566. The Hall–Kier alpha value is -3.65. The zero-order valence-electron chi connectivity index (χ0n) is 15.6. The SMILES string of the molecule is COc1ccccc1Nc1nc(-c2cc3ccc(OC(C)=O)cc3oc2=O)cs1. The average Bonchev–Trinajstić information content (AvgIpc) is 3.15. The van der Waals surface area contributed by atoms with Crippen LogP contribution in [-0.2, 0) is 4.79 Å². The Morgan fingerprint density at radius 2 is 2.00 bits per heavy atom. The molecule has 2 aromatic heterocycles. The molecule has 0 aliphatic rings. The van der Waals surface area contributed by atoms with Gasteiger partial charge in [-0.1, -0.05) is 12.1 Å². The van der Waals surface area contributed by atoms with Crippen LogP contribution in [0.15, 0.2) is 63.1 Å². The molecule has 7 nitrogen and oxygen atoms in total. The van der Waals surface area contributed by atoms with Crippen LogP contribution in [-0.4, -0.2) is 18.1 Å². The van der Waals surface area contributed by atoms with E-state index in [-0.39, 0.29) is 0 Å². The number of hydrogen-bond acceptors (Lipinski definition) is 8. The van der Waals surface area contributed by atoms with Gasteiger partial charge in [0.1, 0.15) is 17.1 Å². The number of methoxy groups -OCH3 is 1. The number of benzene rings is 2. The summed E-state index contributed by atoms with van der Waals surface area (Å²) >= 11 is 1.37. The fourth-order valence-corrected chi connectivity index (χ4v) is 3.54. The van der Waals surface area contributed by atoms with E-state index in [2.05, 4.69) is 10.3 Å². The van der Waals surface area contributed by atoms with Gasteiger partial charge in [0, 0.05) is 23.8 Å². The number of thiazole rings is 1. The van der Waals surface area contributed by atoms with Crippen molar-refractivity contribution in [2.24, 2.45) is 0 Å². The first-order chi connectivity index (χ1) is 14.0. The molecule has 0 amide bonds. The van der Waals surface area contributed by atoms with E-state index in [0.29, 0.717) is 38.9 Å². The summed E-state index contributed by atoms with van der Waals surface area (Å²) in [6.45, 7) is 1.31. The third-order valence-corrected chi connectivity index (χ3v) is 4.86. The van der Waals surface area contributed by atoms with Crippen molar-refractivity contribution in [2.75, 3.05) is 12.4 Å². The lowest BCUT2D eigenvalue weighted by Gasteiger charge is -2.08. The molecule has 0 fully saturated rings. The van der Waals surface area contributed by atoms with E-state index in [9.17, 15) is 9.59 Å². The molecule has 0 saturated carbocycles. The molecule has 0 spiro atoms. The molecule has 0 unspecified atom stereocenters. The quantitative estimate of drug-likeness (QED) is 0.293. The first-order valence-electron chi connectivity index (χ1n) is 8.66. The topological polar surface area (TPSA) is 90.7 Å². The Bertz CT molecular complexity index is 1260. The van der Waals surface area contributed by atoms with Crippen LogP contribution in [0.5, 0.6) is 11.5 Å². The van der Waals surface area contributed by atoms with Crippen LogP contribution in [0.1, 0.15) is 6.92 Å². The van der Waals surface area contributed by atoms with Crippen molar-refractivity contribution in [1.82, 2.24) is 4.98 Å². The number of fused-ring (bicyclic) bond motifs is 1. The van der Waals surface area contributed by atoms with Crippen molar-refractivity contribution in [3.8, 4) is 22.8 Å². The van der Waals surface area contributed by atoms with Gasteiger partial charge >= 0.3 is 11.6 Å². The molecular formula is C21H16N2O5S. The Kier molecular flexibility index (Phi) is 5.01. The predicted octanol–water partition coefficient (Wildman–Crippen LogP) is 4.59. The number of hydrogen-bond donors (Lipinski definition) is 1. The number of aromatic nitrogens is 1. The van der Waals surface area contributed by atoms with Crippen molar-refractivity contribution >= 4 is 39.1 Å². The zero-order chi connectivity index (χ0) is 20.4. The van der Waals surface area contributed by atoms with E-state index in [0.717, 1.165) is 5.69 Å². The van der Waals surface area contributed by atoms with Gasteiger partial charge in [-0.05, 0) is 30.3 Å². The molecule has 4 aromatic rings. The average molecular weight is 408 g/mol. The number of carbonyl (C=O) groups is 1. The maximum atomic E-state index is 12.5. The molecule has 146 valence electrons. The third-order valence-electron chi connectivity index (χ3n) is 4.10. The van der Waals surface area contributed by atoms with E-state index in [1.54, 1.807) is 30.7 Å². The van der Waals surface area contributed by atoms with Crippen molar-refractivity contribution in [3.63, 3.8) is 0 Å². The first-order valence-corrected chi connectivity index (χ1v) is 9.54. The maximum Gasteiger partial charge on any atom is 0.345 e. The number of ether oxygens (including phenoxy) is 2. The Balaban J connectivity index is 1.65. The first kappa shape index (κ1) is 18.7. The lowest BCUT2D eigenvalue weighted by Crippen LogP contribution is -2.04. The number of carbonyl (C=O) groups excluding carboxylic acids is 1. The van der Waals surface area contributed by atoms with Crippen LogP contribution in [0.2, 0.25) is 0 Å². The van der Waals surface area contributed by atoms with Gasteiger partial charge in [0.25, 0.3) is 0 Å². The third kappa shape index (κ3) is 3.97. The van der Waals surface area contributed by atoms with Crippen LogP contribution in [0.4, 0.5) is 10.8 Å². The summed E-state index contributed by atoms with van der Waals surface area (Å²) in [4.78, 5) is 28.1. The van der Waals surface area contributed by atoms with Crippen LogP contribution in [0, 0.1) is 0 Å². The van der Waals surface area contributed by atoms with Gasteiger partial charge in [-0.25, -0.2) is 9.78 Å². The Morgan fingerprint density at radius 3 is 2.79 bits per heavy atom. The number of anilines is 2. The molecule has 0 saturated heterocycles. The minimum atomic E-state index is -0.522. The summed E-state index contributed by atoms with van der Waals surface area (Å²) in [5.41, 5.74) is 1.44. The minimum Gasteiger partial charge on any atom is -0.495 e. The van der Waals surface area contributed by atoms with E-state index >= 15 is 0 Å². The minimum absolute atomic E-state index is 0.317. The summed E-state index contributed by atoms with van der Waals surface area (Å²) in [5, 5.41) is 6.29. The fraction of sp³-hybridized carbons (Fsp3) is 0.0952. The maximum absolute atomic E-state index is 12.5. The van der Waals surface area contributed by atoms with Gasteiger partial charge in [0.05, 0.1) is 24.1 Å². The van der Waals surface area contributed by atoms with Crippen LogP contribution >= 0.6 is 11.3 Å². The normalized spacial score (nSPS) is 10.7. The second-order valence-electron chi connectivity index (χ2n) is 6.10. The van der Waals surface area contributed by atoms with Gasteiger partial charge in [-0.3, -0.25) is 4.79 Å². The zero-order valence-corrected chi connectivity index (χ0v) is 16.4. The van der Waals surface area contributed by atoms with Gasteiger partial charge in [-0.2, -0.15) is 0 Å². The van der Waals surface area contributed by atoms with Crippen LogP contribution in [0.3, 0.4) is 0 Å². The van der Waals surface area contributed by atoms with Gasteiger partial charge in [0.2, 0.25) is 0 Å². The largest absolute Gasteiger partial charge is 0.495 e. The van der Waals surface area contributed by atoms with E-state index in [4.69, 9.17) is 13.9 Å². The Morgan fingerprint density at radius 1 is 1.17 bits per heavy atom. The monoisotopic (exact) mass is 408 g/mol. The number of para-hydroxylation sites is 2. The highest BCUT2D eigenvalue weighted by Gasteiger charge is 2.13. The summed E-state index contributed by atoms with van der Waals surface area (Å²) < 4.78 is 15.8. The fourth-order valence-electron chi connectivity index (χ4n) is 2.82. The molecule has 4 rings (SSSR count). The lowest BCUT2D eigenvalue weighted by atomic mass is 10.1. The van der Waals surface area contributed by atoms with Crippen molar-refractivity contribution < 1.29 is 18.7 Å². The molecule has 0 bridgehead atoms. The number of nitrogens with one attached hydrogen (secondary N) is 1. The summed E-state index contributed by atoms with van der Waals surface area (Å²) in [6.07, 6.45) is 0. The number of esters is 1. The van der Waals surface area contributed by atoms with Gasteiger partial charge < -0.3 is 19.2 Å². The van der Waals surface area contributed by atoms with Gasteiger partial charge in [0.15, 0.2) is 5.13 Å². The van der Waals surface area contributed by atoms with E-state index in [1.807, 2.05) is 24.3 Å². The summed E-state index contributed by atoms with van der Waals surface area (Å²) in [6, 6.07) is 14.1. The molecule has 2 heterocycles. The molecule has 0 aliphatic carbocycles. The van der Waals surface area contributed by atoms with Crippen molar-refractivity contribution in [2.45, 2.75) is 6.92 Å². The standard InChI is InChI=1S/C21H16N2O5S/c1-12(24)27-14-8-7-13-9-15(20(25)28-19(13)10-14)17-11-29-21(23-17)22-16-5-3-4-6-18(16)26-2/h3-11H,1-2H3,(H,22,23). The second kappa shape index (κ2) is 7.76. The van der Waals surface area contributed by atoms with Crippen molar-refractivity contribution in [1.29, 1.82) is 0 Å². The predicted molar refractivity (Wildman–Crippen MR) is 111 cm³/mol. The molecular weight excluding hydrogens is 392 g/mol. The molecule has 0 atom stereocenters. The number of nitrogens with zero attached hydrogens (tertiary/aromatic N) is 1. The molecule has 0 aliphatic heterocycles. The van der Waals surface area contributed by atoms with E-state index in [1.165, 1.54) is 24.3 Å². The van der Waals surface area contributed by atoms with Crippen LogP contribution < -0.4 is 20.4 Å². The highest BCUT2D eigenvalue weighted by molar-refractivity contribution is 7.14. The highest BCUT2D eigenvalue weighted by Crippen LogP contribution is 2.31. The van der Waals surface area contributed by atoms with E-state index < -0.39 is 11.6 Å². The molecule has 2 aromatic carbocycles. The number of rotatable bonds is 5. The lowest BCUT2D eigenvalue weighted by molar-refractivity contribution is -0.131. The molecule has 29 heavy (non-hydrogen) atoms. The highest BCUT2D eigenvalue weighted by atomic mass is 32.1. The molecule has 8 heteroatoms.